The number of carbonyl (C=O) groups excluding carboxylic acids is 3. The molecule has 0 spiro atoms. The lowest BCUT2D eigenvalue weighted by Crippen LogP contribution is -2.15. The molecule has 34 nitrogen and oxygen atoms in total. The molecule has 149 heavy (non-hydrogen) atoms. The van der Waals surface area contributed by atoms with E-state index in [0.29, 0.717) is 83.7 Å². The number of hydrogen-bond donors (Lipinski definition) is 7. The van der Waals surface area contributed by atoms with E-state index in [4.69, 9.17) is 96.1 Å². The van der Waals surface area contributed by atoms with Gasteiger partial charge in [0.2, 0.25) is 23.4 Å². The highest BCUT2D eigenvalue weighted by molar-refractivity contribution is 14.1. The summed E-state index contributed by atoms with van der Waals surface area (Å²) in [4.78, 5) is 69.3. The molecule has 41 heteroatoms. The maximum absolute atomic E-state index is 11.8. The van der Waals surface area contributed by atoms with E-state index in [1.165, 1.54) is 32.9 Å². The molecule has 8 aromatic carbocycles. The highest BCUT2D eigenvalue weighted by atomic mass is 127. The van der Waals surface area contributed by atoms with Crippen molar-refractivity contribution in [3.8, 4) is 86.2 Å². The molecule has 11 rings (SSSR count). The Bertz CT molecular complexity index is 6020. The van der Waals surface area contributed by atoms with Crippen LogP contribution in [0.2, 0.25) is 5.15 Å². The van der Waals surface area contributed by atoms with Crippen LogP contribution < -0.4 is 85.9 Å². The number of methoxy groups -OCH3 is 10. The SMILES string of the molecule is CCOC(=O)CBr.CCOC(=O)COc1cc(C)c(OC)cc1C(C)C.CI.CO/C=C(/Oc1cc(C)c(OC)cc1C(C)C)C(=O)OC.COCCOC.COc1cc(C(C)C)c(O)cc1C.COc1cc(C(C)C)c(Oc2cnc(N)[nH]c2=O)cc1C.COc1cc(C(C)C)c(Oc2cnc(N)nc2Cl)cc1C.COc1cc(C(C)C)c(Oc2cnc(N)nc2Nc2ccccc2)cc1C.Nc1ccccc1.O=P(Cl)(Cl)Cl. The van der Waals surface area contributed by atoms with Crippen molar-refractivity contribution < 1.29 is 105 Å². The molecule has 0 unspecified atom stereocenters. The molecule has 0 aliphatic rings. The average molecular weight is 2350 g/mol. The molecule has 11 N–H and O–H groups in total. The number of halogens is 6. The maximum Gasteiger partial charge on any atom is 0.377 e. The van der Waals surface area contributed by atoms with Crippen molar-refractivity contribution in [2.24, 2.45) is 0 Å². The van der Waals surface area contributed by atoms with Crippen molar-refractivity contribution in [3.63, 3.8) is 0 Å². The van der Waals surface area contributed by atoms with Gasteiger partial charge in [-0.05, 0) is 260 Å². The molecule has 11 aromatic rings. The van der Waals surface area contributed by atoms with Gasteiger partial charge in [-0.15, -0.1) is 0 Å². The number of phenols is 1. The zero-order chi connectivity index (χ0) is 113. The van der Waals surface area contributed by atoms with Gasteiger partial charge in [-0.25, -0.2) is 24.5 Å². The Morgan fingerprint density at radius 1 is 0.456 bits per heavy atom. The molecule has 0 saturated heterocycles. The Morgan fingerprint density at radius 2 is 0.792 bits per heavy atom. The number of nitrogen functional groups attached to an aromatic ring is 4. The quantitative estimate of drug-likeness (QED) is 0.00192. The number of phenolic OH excluding ortho intramolecular Hbond substituents is 1. The van der Waals surface area contributed by atoms with Crippen LogP contribution >= 0.6 is 89.0 Å². The Hall–Kier alpha value is -12.1. The number of ether oxygens (including phenoxy) is 17. The minimum Gasteiger partial charge on any atom is -0.508 e. The van der Waals surface area contributed by atoms with Crippen molar-refractivity contribution in [1.82, 2.24) is 29.9 Å². The van der Waals surface area contributed by atoms with Gasteiger partial charge in [0.25, 0.3) is 5.56 Å². The number of rotatable bonds is 33. The van der Waals surface area contributed by atoms with Crippen molar-refractivity contribution in [1.29, 1.82) is 0 Å². The minimum absolute atomic E-state index is 0.00790. The summed E-state index contributed by atoms with van der Waals surface area (Å²) in [5, 5.41) is 10.1. The smallest absolute Gasteiger partial charge is 0.377 e. The number of anilines is 6. The van der Waals surface area contributed by atoms with Crippen LogP contribution in [-0.4, -0.2) is 167 Å². The van der Waals surface area contributed by atoms with Crippen molar-refractivity contribution >= 4 is 142 Å². The lowest BCUT2D eigenvalue weighted by Gasteiger charge is -2.18. The normalized spacial score (nSPS) is 10.4. The molecule has 0 amide bonds. The zero-order valence-electron chi connectivity index (χ0n) is 90.9. The summed E-state index contributed by atoms with van der Waals surface area (Å²) in [6.45, 7) is 42.1. The van der Waals surface area contributed by atoms with Gasteiger partial charge in [0.1, 0.15) is 80.6 Å². The lowest BCUT2D eigenvalue weighted by atomic mass is 10.00. The first-order valence-electron chi connectivity index (χ1n) is 46.7. The Kier molecular flexibility index (Phi) is 65.5. The molecule has 0 fully saturated rings. The summed E-state index contributed by atoms with van der Waals surface area (Å²) in [7, 11) is 15.9. The third kappa shape index (κ3) is 50.4. The number of benzene rings is 8. The van der Waals surface area contributed by atoms with Crippen LogP contribution in [0.5, 0.6) is 86.2 Å². The van der Waals surface area contributed by atoms with Gasteiger partial charge in [-0.2, -0.15) is 9.97 Å². The number of nitrogens with zero attached hydrogens (tertiary/aromatic N) is 5. The lowest BCUT2D eigenvalue weighted by molar-refractivity contribution is -0.145. The van der Waals surface area contributed by atoms with Gasteiger partial charge < -0.3 is 114 Å². The van der Waals surface area contributed by atoms with Crippen LogP contribution in [0, 0.1) is 41.5 Å². The Balaban J connectivity index is 0.000000856. The number of nitrogens with one attached hydrogen (secondary N) is 2. The second kappa shape index (κ2) is 72.3. The number of H-pyrrole nitrogens is 1. The molecule has 3 aromatic heterocycles. The van der Waals surface area contributed by atoms with E-state index in [-0.39, 0.29) is 82.6 Å². The van der Waals surface area contributed by atoms with Crippen LogP contribution in [0.3, 0.4) is 0 Å². The molecule has 3 heterocycles. The Morgan fingerprint density at radius 3 is 1.13 bits per heavy atom. The summed E-state index contributed by atoms with van der Waals surface area (Å²) < 4.78 is 98.7. The third-order valence-corrected chi connectivity index (χ3v) is 20.8. The number of alkyl halides is 2. The molecule has 0 aliphatic heterocycles. The summed E-state index contributed by atoms with van der Waals surface area (Å²) in [5.74, 6) is 10.8. The van der Waals surface area contributed by atoms with Crippen LogP contribution in [0.4, 0.5) is 35.0 Å². The minimum atomic E-state index is -3.22. The van der Waals surface area contributed by atoms with Crippen molar-refractivity contribution in [3.05, 3.63) is 246 Å². The monoisotopic (exact) mass is 2340 g/mol. The van der Waals surface area contributed by atoms with E-state index in [9.17, 15) is 28.8 Å². The topological polar surface area (TPSA) is 459 Å². The molecule has 0 atom stereocenters. The molecular weight excluding hydrogens is 2200 g/mol. The molecule has 0 saturated carbocycles. The number of para-hydroxylation sites is 2. The largest absolute Gasteiger partial charge is 0.508 e. The number of aromatic amines is 1. The zero-order valence-corrected chi connectivity index (χ0v) is 98.6. The fraction of sp³-hybridized carbons (Fsp3) is 0.398. The predicted octanol–water partition coefficient (Wildman–Crippen LogP) is 27.0. The number of hydrogen-bond acceptors (Lipinski definition) is 33. The summed E-state index contributed by atoms with van der Waals surface area (Å²) in [6, 6.07) is 42.1. The van der Waals surface area contributed by atoms with E-state index in [1.807, 2.05) is 215 Å². The number of esters is 3. The molecule has 0 bridgehead atoms. The maximum atomic E-state index is 11.8. The van der Waals surface area contributed by atoms with Gasteiger partial charge in [-0.1, -0.05) is 170 Å². The van der Waals surface area contributed by atoms with E-state index >= 15 is 0 Å². The third-order valence-electron chi connectivity index (χ3n) is 20.1. The number of nitrogens with two attached hydrogens (primary N) is 4. The highest BCUT2D eigenvalue weighted by Crippen LogP contribution is 2.61. The van der Waals surface area contributed by atoms with Gasteiger partial charge in [0.15, 0.2) is 35.0 Å². The average Bonchev–Trinajstić information content (AvgIpc) is 0.815. The summed E-state index contributed by atoms with van der Waals surface area (Å²) >= 11 is 25.0. The second-order valence-electron chi connectivity index (χ2n) is 33.3. The number of aromatic hydroxyl groups is 1. The molecule has 0 aliphatic carbocycles. The highest BCUT2D eigenvalue weighted by Gasteiger charge is 2.24. The van der Waals surface area contributed by atoms with Crippen molar-refractivity contribution in [2.45, 2.75) is 174 Å². The van der Waals surface area contributed by atoms with Crippen LogP contribution in [-0.2, 0) is 47.4 Å². The first-order valence-corrected chi connectivity index (χ1v) is 54.8. The first kappa shape index (κ1) is 135. The van der Waals surface area contributed by atoms with Crippen LogP contribution in [0.15, 0.2) is 169 Å². The molecule has 820 valence electrons. The second-order valence-corrected chi connectivity index (χ2v) is 40.9. The van der Waals surface area contributed by atoms with Gasteiger partial charge in [-0.3, -0.25) is 19.1 Å². The van der Waals surface area contributed by atoms with Gasteiger partial charge in [0, 0.05) is 59.0 Å². The first-order chi connectivity index (χ1) is 70.4. The van der Waals surface area contributed by atoms with Crippen molar-refractivity contribution in [2.75, 3.05) is 143 Å². The predicted molar refractivity (Wildman–Crippen MR) is 610 cm³/mol. The molecular formula is C108H148BrCl4IN11O23P. The van der Waals surface area contributed by atoms with Gasteiger partial charge >= 0.3 is 23.1 Å². The molecule has 0 radical (unpaired) electrons. The standard InChI is InChI=1S/C21H24N4O2.C16H22O5.C15H18ClN3O2.C15H19N3O3.C15H22O4.C11H16O2.C6H7N.C4H7BrO2.C4H10O2.CH3I.Cl3OP/c1-13(2)16-11-17(26-4)14(3)10-18(16)27-19-12-23-21(22)25-20(19)24-15-8-6-5-7-9-15;1-10(2)12-8-13(19-5)11(3)7-14(12)21-15(9-18-4)16(17)20-6;1-8(2)10-6-11(20-4)9(3)5-12(10)21-13-7-18-15(17)19-14(13)16;1-8(2)10-6-11(20-4)9(3)5-12(10)21-13-7-17-15(16)18-14(13)19;1-6-18-15(16)9-19-14-7-11(4)13(17-5)8-12(14)10(2)3;1-7(2)9-6-11(13-4)8(3)5-10(9)12;7-6-4-2-1-3-5-6;1-2-7-4(6)3-5;1-5-3-4-6-2;1-2;1-5(2,3)4/h5-13H,1-4H3,(H3,22,23,24,25);7-10H,1-6H3;5-8H,1-4H3,(H2,17,18,19);5-8H,1-4H3,(H3,16,17,18,19);7-8,10H,6,9H2,1-5H3;5-7,12H,1-4H3;1-5H,7H2;2-3H2,1H3;3-4H2,1-2H3;1H3;/b;15-9+;;;;;;;;;. The van der Waals surface area contributed by atoms with Crippen LogP contribution in [0.1, 0.15) is 199 Å². The summed E-state index contributed by atoms with van der Waals surface area (Å²) in [5.41, 5.74) is 35.0. The number of carbonyl (C=O) groups is 3. The number of aromatic nitrogens is 6. The van der Waals surface area contributed by atoms with E-state index in [0.717, 1.165) is 118 Å². The number of aryl methyl sites for hydroxylation is 6. The van der Waals surface area contributed by atoms with E-state index in [2.05, 4.69) is 168 Å². The van der Waals surface area contributed by atoms with E-state index in [1.54, 1.807) is 83.0 Å². The fourth-order valence-electron chi connectivity index (χ4n) is 12.7. The van der Waals surface area contributed by atoms with Crippen LogP contribution in [0.25, 0.3) is 0 Å². The fourth-order valence-corrected chi connectivity index (χ4v) is 13.0. The summed E-state index contributed by atoms with van der Waals surface area (Å²) in [6.07, 6.45) is 5.58. The van der Waals surface area contributed by atoms with E-state index < -0.39 is 16.7 Å². The Labute approximate surface area is 918 Å². The van der Waals surface area contributed by atoms with Gasteiger partial charge in [0.05, 0.1) is 102 Å².